The van der Waals surface area contributed by atoms with Gasteiger partial charge in [0.25, 0.3) is 0 Å². The van der Waals surface area contributed by atoms with E-state index in [1.54, 1.807) is 10.9 Å². The quantitative estimate of drug-likeness (QED) is 0.479. The molecule has 0 aliphatic carbocycles. The third-order valence-corrected chi connectivity index (χ3v) is 5.71. The van der Waals surface area contributed by atoms with E-state index in [2.05, 4.69) is 15.1 Å². The number of amides is 1. The fourth-order valence-electron chi connectivity index (χ4n) is 3.34. The van der Waals surface area contributed by atoms with Crippen molar-refractivity contribution in [1.82, 2.24) is 24.6 Å². The van der Waals surface area contributed by atoms with Gasteiger partial charge in [-0.3, -0.25) is 4.79 Å². The van der Waals surface area contributed by atoms with Crippen molar-refractivity contribution in [1.29, 1.82) is 0 Å². The number of aromatic nitrogens is 4. The summed E-state index contributed by atoms with van der Waals surface area (Å²) in [6, 6.07) is 7.42. The zero-order valence-electron chi connectivity index (χ0n) is 15.6. The van der Waals surface area contributed by atoms with E-state index in [0.717, 1.165) is 16.1 Å². The lowest BCUT2D eigenvalue weighted by atomic mass is 10.2. The molecule has 0 spiro atoms. The van der Waals surface area contributed by atoms with E-state index < -0.39 is 0 Å². The number of morpholine rings is 1. The standard InChI is InChI=1S/C19H20ClN5O2S/c1-12-8-24(9-13(2)27-12)17(26)10-28-19-16-7-23-25(18(16)21-11-22-19)15-5-3-4-14(20)6-15/h3-7,11-13H,8-10H2,1-2H3/t12-,13-/m1/s1. The van der Waals surface area contributed by atoms with Gasteiger partial charge >= 0.3 is 0 Å². The number of carbonyl (C=O) groups is 1. The van der Waals surface area contributed by atoms with Crippen molar-refractivity contribution in [3.63, 3.8) is 0 Å². The maximum atomic E-state index is 12.6. The Morgan fingerprint density at radius 2 is 2.07 bits per heavy atom. The molecule has 0 N–H and O–H groups in total. The number of halogens is 1. The Hall–Kier alpha value is -2.16. The summed E-state index contributed by atoms with van der Waals surface area (Å²) in [6.45, 7) is 5.22. The molecule has 3 aromatic rings. The van der Waals surface area contributed by atoms with Gasteiger partial charge in [-0.05, 0) is 32.0 Å². The van der Waals surface area contributed by atoms with Crippen molar-refractivity contribution in [2.24, 2.45) is 0 Å². The molecule has 0 bridgehead atoms. The van der Waals surface area contributed by atoms with Gasteiger partial charge in [-0.2, -0.15) is 5.10 Å². The summed E-state index contributed by atoms with van der Waals surface area (Å²) < 4.78 is 7.42. The minimum Gasteiger partial charge on any atom is -0.372 e. The first-order valence-corrected chi connectivity index (χ1v) is 10.4. The third kappa shape index (κ3) is 3.99. The Labute approximate surface area is 172 Å². The van der Waals surface area contributed by atoms with Crippen molar-refractivity contribution >= 4 is 40.3 Å². The van der Waals surface area contributed by atoms with Gasteiger partial charge in [-0.15, -0.1) is 0 Å². The van der Waals surface area contributed by atoms with E-state index in [4.69, 9.17) is 16.3 Å². The number of hydrogen-bond acceptors (Lipinski definition) is 6. The Kier molecular flexibility index (Phi) is 5.52. The second-order valence-electron chi connectivity index (χ2n) is 6.80. The number of ether oxygens (including phenoxy) is 1. The number of nitrogens with zero attached hydrogens (tertiary/aromatic N) is 5. The van der Waals surface area contributed by atoms with Crippen molar-refractivity contribution in [2.75, 3.05) is 18.8 Å². The SMILES string of the molecule is C[C@@H]1CN(C(=O)CSc2ncnc3c2cnn3-c2cccc(Cl)c2)C[C@@H](C)O1. The zero-order chi connectivity index (χ0) is 19.7. The molecule has 146 valence electrons. The highest BCUT2D eigenvalue weighted by Crippen LogP contribution is 2.27. The van der Waals surface area contributed by atoms with Crippen LogP contribution in [-0.2, 0) is 9.53 Å². The van der Waals surface area contributed by atoms with E-state index in [0.29, 0.717) is 29.5 Å². The topological polar surface area (TPSA) is 73.1 Å². The monoisotopic (exact) mass is 417 g/mol. The van der Waals surface area contributed by atoms with Crippen LogP contribution in [0.15, 0.2) is 41.8 Å². The van der Waals surface area contributed by atoms with E-state index >= 15 is 0 Å². The van der Waals surface area contributed by atoms with Crippen LogP contribution in [0.2, 0.25) is 5.02 Å². The molecule has 1 aliphatic heterocycles. The van der Waals surface area contributed by atoms with Crippen molar-refractivity contribution in [3.8, 4) is 5.69 Å². The second-order valence-corrected chi connectivity index (χ2v) is 8.20. The fraction of sp³-hybridized carbons (Fsp3) is 0.368. The summed E-state index contributed by atoms with van der Waals surface area (Å²) in [6.07, 6.45) is 3.33. The molecule has 7 nitrogen and oxygen atoms in total. The lowest BCUT2D eigenvalue weighted by Gasteiger charge is -2.35. The van der Waals surface area contributed by atoms with E-state index in [9.17, 15) is 4.79 Å². The van der Waals surface area contributed by atoms with Crippen LogP contribution in [0.4, 0.5) is 0 Å². The summed E-state index contributed by atoms with van der Waals surface area (Å²) in [7, 11) is 0. The molecular weight excluding hydrogens is 398 g/mol. The van der Waals surface area contributed by atoms with Gasteiger partial charge in [0.15, 0.2) is 5.65 Å². The predicted octanol–water partition coefficient (Wildman–Crippen LogP) is 3.20. The van der Waals surface area contributed by atoms with Crippen LogP contribution in [0.5, 0.6) is 0 Å². The van der Waals surface area contributed by atoms with Gasteiger partial charge in [0.2, 0.25) is 5.91 Å². The maximum Gasteiger partial charge on any atom is 0.233 e. The Morgan fingerprint density at radius 3 is 2.82 bits per heavy atom. The molecule has 9 heteroatoms. The van der Waals surface area contributed by atoms with Gasteiger partial charge in [-0.1, -0.05) is 29.4 Å². The first-order valence-electron chi connectivity index (χ1n) is 9.02. The summed E-state index contributed by atoms with van der Waals surface area (Å²) in [5, 5.41) is 6.61. The Morgan fingerprint density at radius 1 is 1.29 bits per heavy atom. The number of benzene rings is 1. The molecule has 0 radical (unpaired) electrons. The minimum absolute atomic E-state index is 0.0550. The third-order valence-electron chi connectivity index (χ3n) is 4.49. The van der Waals surface area contributed by atoms with Crippen LogP contribution in [0.3, 0.4) is 0 Å². The molecular formula is C19H20ClN5O2S. The van der Waals surface area contributed by atoms with Crippen molar-refractivity contribution < 1.29 is 9.53 Å². The molecule has 2 atom stereocenters. The van der Waals surface area contributed by atoms with Crippen LogP contribution in [0, 0.1) is 0 Å². The Bertz CT molecular complexity index is 1000. The molecule has 2 aromatic heterocycles. The van der Waals surface area contributed by atoms with Crippen LogP contribution in [0.25, 0.3) is 16.7 Å². The molecule has 3 heterocycles. The smallest absolute Gasteiger partial charge is 0.233 e. The lowest BCUT2D eigenvalue weighted by molar-refractivity contribution is -0.140. The summed E-state index contributed by atoms with van der Waals surface area (Å²) in [4.78, 5) is 23.2. The molecule has 1 saturated heterocycles. The van der Waals surface area contributed by atoms with E-state index in [1.807, 2.05) is 43.0 Å². The highest BCUT2D eigenvalue weighted by atomic mass is 35.5. The summed E-state index contributed by atoms with van der Waals surface area (Å²) in [5.74, 6) is 0.398. The maximum absolute atomic E-state index is 12.6. The second kappa shape index (κ2) is 8.06. The van der Waals surface area contributed by atoms with Crippen LogP contribution in [0.1, 0.15) is 13.8 Å². The zero-order valence-corrected chi connectivity index (χ0v) is 17.2. The number of fused-ring (bicyclic) bond motifs is 1. The molecule has 1 aliphatic rings. The van der Waals surface area contributed by atoms with Gasteiger partial charge in [0.1, 0.15) is 11.4 Å². The van der Waals surface area contributed by atoms with Crippen LogP contribution < -0.4 is 0 Å². The summed E-state index contributed by atoms with van der Waals surface area (Å²) in [5.41, 5.74) is 1.50. The van der Waals surface area contributed by atoms with E-state index in [-0.39, 0.29) is 18.1 Å². The number of hydrogen-bond donors (Lipinski definition) is 0. The number of rotatable bonds is 4. The van der Waals surface area contributed by atoms with Crippen molar-refractivity contribution in [2.45, 2.75) is 31.1 Å². The highest BCUT2D eigenvalue weighted by Gasteiger charge is 2.26. The summed E-state index contributed by atoms with van der Waals surface area (Å²) >= 11 is 7.50. The average molecular weight is 418 g/mol. The largest absolute Gasteiger partial charge is 0.372 e. The molecule has 1 aromatic carbocycles. The van der Waals surface area contributed by atoms with Gasteiger partial charge < -0.3 is 9.64 Å². The van der Waals surface area contributed by atoms with Gasteiger partial charge in [-0.25, -0.2) is 14.6 Å². The molecule has 1 amide bonds. The van der Waals surface area contributed by atoms with Crippen LogP contribution in [-0.4, -0.2) is 61.6 Å². The molecule has 4 rings (SSSR count). The number of carbonyl (C=O) groups excluding carboxylic acids is 1. The van der Waals surface area contributed by atoms with E-state index in [1.165, 1.54) is 18.1 Å². The number of thioether (sulfide) groups is 1. The van der Waals surface area contributed by atoms with Crippen LogP contribution >= 0.6 is 23.4 Å². The molecule has 1 fully saturated rings. The molecule has 0 unspecified atom stereocenters. The Balaban J connectivity index is 1.53. The normalized spacial score (nSPS) is 19.9. The highest BCUT2D eigenvalue weighted by molar-refractivity contribution is 8.00. The lowest BCUT2D eigenvalue weighted by Crippen LogP contribution is -2.48. The average Bonchev–Trinajstić information content (AvgIpc) is 3.10. The molecule has 0 saturated carbocycles. The van der Waals surface area contributed by atoms with Gasteiger partial charge in [0, 0.05) is 18.1 Å². The van der Waals surface area contributed by atoms with Crippen molar-refractivity contribution in [3.05, 3.63) is 41.8 Å². The minimum atomic E-state index is 0.0550. The first kappa shape index (κ1) is 19.2. The molecule has 28 heavy (non-hydrogen) atoms. The predicted molar refractivity (Wildman–Crippen MR) is 109 cm³/mol. The fourth-order valence-corrected chi connectivity index (χ4v) is 4.39. The first-order chi connectivity index (χ1) is 13.5. The van der Waals surface area contributed by atoms with Gasteiger partial charge in [0.05, 0.1) is 35.2 Å².